The van der Waals surface area contributed by atoms with Crippen LogP contribution in [0.1, 0.15) is 0 Å². The third-order valence-corrected chi connectivity index (χ3v) is 1.25. The van der Waals surface area contributed by atoms with Gasteiger partial charge in [0.2, 0.25) is 0 Å². The van der Waals surface area contributed by atoms with E-state index in [0.717, 1.165) is 11.5 Å². The van der Waals surface area contributed by atoms with E-state index in [9.17, 15) is 0 Å². The van der Waals surface area contributed by atoms with E-state index in [1.807, 2.05) is 18.2 Å². The number of hydrogen-bond acceptors (Lipinski definition) is 2. The summed E-state index contributed by atoms with van der Waals surface area (Å²) in [4.78, 5) is 4.07. The highest BCUT2D eigenvalue weighted by atomic mass is 15.4. The number of aromatic nitrogens is 4. The van der Waals surface area contributed by atoms with E-state index in [1.165, 1.54) is 0 Å². The summed E-state index contributed by atoms with van der Waals surface area (Å²) in [7, 11) is 0. The first-order valence-electron chi connectivity index (χ1n) is 2.97. The lowest BCUT2D eigenvalue weighted by molar-refractivity contribution is 0.774. The van der Waals surface area contributed by atoms with Crippen LogP contribution in [-0.4, -0.2) is 20.4 Å². The molecule has 0 saturated heterocycles. The molecule has 0 unspecified atom stereocenters. The summed E-state index contributed by atoms with van der Waals surface area (Å²) in [5.74, 6) is 0.792. The monoisotopic (exact) mass is 134 g/mol. The van der Waals surface area contributed by atoms with Gasteiger partial charge in [0.25, 0.3) is 0 Å². The fourth-order valence-corrected chi connectivity index (χ4v) is 0.736. The second kappa shape index (κ2) is 1.98. The number of hydrogen-bond donors (Lipinski definition) is 2. The molecule has 0 aromatic carbocycles. The predicted molar refractivity (Wildman–Crippen MR) is 36.2 cm³/mol. The first-order valence-corrected chi connectivity index (χ1v) is 2.97. The SMILES string of the molecule is c1ccc(-c2n[nH][nH]2)nc1. The Balaban J connectivity index is 2.42. The van der Waals surface area contributed by atoms with Gasteiger partial charge in [-0.1, -0.05) is 6.07 Å². The van der Waals surface area contributed by atoms with Gasteiger partial charge in [-0.2, -0.15) is 0 Å². The van der Waals surface area contributed by atoms with Crippen LogP contribution < -0.4 is 0 Å². The number of aromatic amines is 2. The van der Waals surface area contributed by atoms with Crippen molar-refractivity contribution >= 4 is 0 Å². The largest absolute Gasteiger partial charge is 0.265 e. The van der Waals surface area contributed by atoms with E-state index in [-0.39, 0.29) is 0 Å². The molecule has 0 bridgehead atoms. The van der Waals surface area contributed by atoms with Crippen molar-refractivity contribution in [2.24, 2.45) is 0 Å². The third-order valence-electron chi connectivity index (χ3n) is 1.25. The Kier molecular flexibility index (Phi) is 1.04. The molecule has 2 aromatic heterocycles. The van der Waals surface area contributed by atoms with Gasteiger partial charge in [-0.05, 0) is 12.1 Å². The van der Waals surface area contributed by atoms with Crippen molar-refractivity contribution in [1.82, 2.24) is 20.4 Å². The van der Waals surface area contributed by atoms with Crippen molar-refractivity contribution in [3.8, 4) is 11.5 Å². The average Bonchev–Trinajstić information content (AvgIpc) is 1.86. The van der Waals surface area contributed by atoms with Crippen molar-refractivity contribution in [2.75, 3.05) is 0 Å². The minimum absolute atomic E-state index is 0.792. The van der Waals surface area contributed by atoms with Gasteiger partial charge in [0, 0.05) is 6.20 Å². The number of nitrogens with zero attached hydrogens (tertiary/aromatic N) is 2. The van der Waals surface area contributed by atoms with Crippen LogP contribution in [0.4, 0.5) is 0 Å². The molecule has 2 N–H and O–H groups in total. The van der Waals surface area contributed by atoms with E-state index < -0.39 is 0 Å². The van der Waals surface area contributed by atoms with Crippen molar-refractivity contribution in [1.29, 1.82) is 0 Å². The minimum Gasteiger partial charge on any atom is -0.265 e. The summed E-state index contributed by atoms with van der Waals surface area (Å²) in [6.45, 7) is 0. The summed E-state index contributed by atoms with van der Waals surface area (Å²) in [6.07, 6.45) is 1.73. The zero-order chi connectivity index (χ0) is 6.81. The molecule has 2 rings (SSSR count). The Bertz CT molecular complexity index is 285. The second-order valence-electron chi connectivity index (χ2n) is 1.91. The Morgan fingerprint density at radius 1 is 1.30 bits per heavy atom. The lowest BCUT2D eigenvalue weighted by atomic mass is 10.3. The standard InChI is InChI=1S/C6H6N4/c1-2-4-7-5(3-1)6-8-10-9-6/h1-4,10H,(H,8,9). The Hall–Kier alpha value is -1.58. The molecule has 50 valence electrons. The second-order valence-corrected chi connectivity index (χ2v) is 1.91. The van der Waals surface area contributed by atoms with Gasteiger partial charge < -0.3 is 0 Å². The molecule has 0 amide bonds. The zero-order valence-electron chi connectivity index (χ0n) is 5.20. The van der Waals surface area contributed by atoms with Gasteiger partial charge in [-0.15, -0.1) is 5.10 Å². The molecular weight excluding hydrogens is 128 g/mol. The highest BCUT2D eigenvalue weighted by Crippen LogP contribution is 2.07. The van der Waals surface area contributed by atoms with Crippen molar-refractivity contribution < 1.29 is 0 Å². The van der Waals surface area contributed by atoms with Gasteiger partial charge in [0.1, 0.15) is 5.69 Å². The highest BCUT2D eigenvalue weighted by Gasteiger charge is 1.99. The van der Waals surface area contributed by atoms with Crippen LogP contribution in [0.25, 0.3) is 11.5 Å². The molecule has 0 fully saturated rings. The lowest BCUT2D eigenvalue weighted by Crippen LogP contribution is -2.00. The van der Waals surface area contributed by atoms with Gasteiger partial charge in [0.15, 0.2) is 5.82 Å². The minimum atomic E-state index is 0.792. The molecule has 0 spiro atoms. The molecule has 2 aromatic rings. The van der Waals surface area contributed by atoms with E-state index >= 15 is 0 Å². The Morgan fingerprint density at radius 3 is 2.70 bits per heavy atom. The van der Waals surface area contributed by atoms with E-state index in [4.69, 9.17) is 0 Å². The van der Waals surface area contributed by atoms with Crippen molar-refractivity contribution in [3.63, 3.8) is 0 Å². The molecule has 0 aliphatic heterocycles. The van der Waals surface area contributed by atoms with Gasteiger partial charge in [-0.3, -0.25) is 10.1 Å². The summed E-state index contributed by atoms with van der Waals surface area (Å²) in [5, 5.41) is 9.19. The van der Waals surface area contributed by atoms with Crippen LogP contribution in [0.3, 0.4) is 0 Å². The average molecular weight is 134 g/mol. The quantitative estimate of drug-likeness (QED) is 0.606. The summed E-state index contributed by atoms with van der Waals surface area (Å²) >= 11 is 0. The van der Waals surface area contributed by atoms with Crippen LogP contribution in [0, 0.1) is 0 Å². The number of nitrogens with one attached hydrogen (secondary N) is 2. The van der Waals surface area contributed by atoms with Crippen LogP contribution in [0.2, 0.25) is 0 Å². The molecule has 0 radical (unpaired) electrons. The summed E-state index contributed by atoms with van der Waals surface area (Å²) in [6, 6.07) is 5.69. The van der Waals surface area contributed by atoms with Crippen LogP contribution in [-0.2, 0) is 0 Å². The molecule has 2 heterocycles. The van der Waals surface area contributed by atoms with Gasteiger partial charge >= 0.3 is 0 Å². The van der Waals surface area contributed by atoms with Crippen LogP contribution in [0.5, 0.6) is 0 Å². The third kappa shape index (κ3) is 0.699. The van der Waals surface area contributed by atoms with E-state index in [0.29, 0.717) is 0 Å². The number of rotatable bonds is 1. The predicted octanol–water partition coefficient (Wildman–Crippen LogP) is 0.800. The maximum Gasteiger partial charge on any atom is 0.193 e. The molecule has 10 heavy (non-hydrogen) atoms. The molecule has 0 atom stereocenters. The number of H-pyrrole nitrogens is 2. The van der Waals surface area contributed by atoms with Gasteiger partial charge in [-0.25, -0.2) is 5.21 Å². The summed E-state index contributed by atoms with van der Waals surface area (Å²) < 4.78 is 0. The first kappa shape index (κ1) is 5.22. The molecule has 0 aliphatic carbocycles. The topological polar surface area (TPSA) is 57.4 Å². The molecule has 4 nitrogen and oxygen atoms in total. The maximum atomic E-state index is 4.07. The maximum absolute atomic E-state index is 4.07. The smallest absolute Gasteiger partial charge is 0.193 e. The molecule has 0 saturated carbocycles. The lowest BCUT2D eigenvalue weighted by Gasteiger charge is -1.99. The van der Waals surface area contributed by atoms with E-state index in [1.54, 1.807) is 6.20 Å². The van der Waals surface area contributed by atoms with Crippen LogP contribution in [0.15, 0.2) is 24.4 Å². The van der Waals surface area contributed by atoms with E-state index in [2.05, 4.69) is 20.4 Å². The summed E-state index contributed by atoms with van der Waals surface area (Å²) in [5.41, 5.74) is 0.862. The normalized spacial score (nSPS) is 10.0. The molecule has 0 aliphatic rings. The van der Waals surface area contributed by atoms with Gasteiger partial charge in [0.05, 0.1) is 0 Å². The fraction of sp³-hybridized carbons (Fsp3) is 0. The highest BCUT2D eigenvalue weighted by molar-refractivity contribution is 5.46. The Morgan fingerprint density at radius 2 is 2.20 bits per heavy atom. The Labute approximate surface area is 57.3 Å². The molecule has 4 heteroatoms. The first-order chi connectivity index (χ1) is 4.97. The van der Waals surface area contributed by atoms with Crippen molar-refractivity contribution in [2.45, 2.75) is 0 Å². The zero-order valence-corrected chi connectivity index (χ0v) is 5.20. The van der Waals surface area contributed by atoms with Crippen molar-refractivity contribution in [3.05, 3.63) is 24.4 Å². The molecular formula is C6H6N4. The fourth-order valence-electron chi connectivity index (χ4n) is 0.736. The van der Waals surface area contributed by atoms with Crippen LogP contribution >= 0.6 is 0 Å². The number of pyridine rings is 1.